The Balaban J connectivity index is 2.01. The van der Waals surface area contributed by atoms with Gasteiger partial charge in [-0.25, -0.2) is 14.2 Å². The largest absolute Gasteiger partial charge is 0.462 e. The number of halogens is 1. The lowest BCUT2D eigenvalue weighted by Gasteiger charge is -2.11. The summed E-state index contributed by atoms with van der Waals surface area (Å²) in [7, 11) is 0. The minimum Gasteiger partial charge on any atom is -0.462 e. The van der Waals surface area contributed by atoms with Gasteiger partial charge in [0.1, 0.15) is 17.1 Å². The Kier molecular flexibility index (Phi) is 4.94. The molecule has 0 bridgehead atoms. The number of carbonyl (C=O) groups is 1. The number of nitrogens with zero attached hydrogens (tertiary/aromatic N) is 3. The van der Waals surface area contributed by atoms with Crippen molar-refractivity contribution in [3.63, 3.8) is 0 Å². The quantitative estimate of drug-likeness (QED) is 0.661. The molecule has 0 saturated heterocycles. The van der Waals surface area contributed by atoms with Crippen LogP contribution in [0.5, 0.6) is 11.6 Å². The second kappa shape index (κ2) is 7.48. The van der Waals surface area contributed by atoms with Gasteiger partial charge < -0.3 is 9.47 Å². The zero-order valence-corrected chi connectivity index (χ0v) is 13.3. The van der Waals surface area contributed by atoms with Crippen LogP contribution in [0.3, 0.4) is 0 Å². The summed E-state index contributed by atoms with van der Waals surface area (Å²) in [5.74, 6) is -0.246. The molecule has 7 heteroatoms. The Morgan fingerprint density at radius 1 is 1.12 bits per heavy atom. The van der Waals surface area contributed by atoms with Crippen LogP contribution in [0.4, 0.5) is 4.39 Å². The Morgan fingerprint density at radius 3 is 2.52 bits per heavy atom. The van der Waals surface area contributed by atoms with Crippen LogP contribution in [-0.2, 0) is 4.74 Å². The van der Waals surface area contributed by atoms with Crippen molar-refractivity contribution >= 4 is 5.97 Å². The van der Waals surface area contributed by atoms with E-state index in [4.69, 9.17) is 9.47 Å². The SMILES string of the molecule is CCOC(=O)c1cnc(-c2ccncc2)nc1Oc1ccc(F)cc1. The molecule has 3 aromatic rings. The zero-order valence-electron chi connectivity index (χ0n) is 13.3. The van der Waals surface area contributed by atoms with Gasteiger partial charge >= 0.3 is 5.97 Å². The summed E-state index contributed by atoms with van der Waals surface area (Å²) >= 11 is 0. The standard InChI is InChI=1S/C18H14FN3O3/c1-2-24-18(23)15-11-21-16(12-7-9-20-10-8-12)22-17(15)25-14-5-3-13(19)4-6-14/h3-11H,2H2,1H3. The molecule has 0 saturated carbocycles. The third-order valence-electron chi connectivity index (χ3n) is 3.22. The van der Waals surface area contributed by atoms with Crippen molar-refractivity contribution < 1.29 is 18.7 Å². The highest BCUT2D eigenvalue weighted by molar-refractivity contribution is 5.91. The highest BCUT2D eigenvalue weighted by Crippen LogP contribution is 2.26. The van der Waals surface area contributed by atoms with E-state index in [1.54, 1.807) is 31.5 Å². The van der Waals surface area contributed by atoms with Gasteiger partial charge in [0.2, 0.25) is 5.88 Å². The molecule has 0 spiro atoms. The topological polar surface area (TPSA) is 74.2 Å². The van der Waals surface area contributed by atoms with Gasteiger partial charge in [-0.15, -0.1) is 0 Å². The van der Waals surface area contributed by atoms with Gasteiger partial charge in [-0.3, -0.25) is 4.98 Å². The molecule has 1 aromatic carbocycles. The Hall–Kier alpha value is -3.35. The van der Waals surface area contributed by atoms with E-state index in [9.17, 15) is 9.18 Å². The monoisotopic (exact) mass is 339 g/mol. The summed E-state index contributed by atoms with van der Waals surface area (Å²) in [6.07, 6.45) is 4.57. The molecule has 0 amide bonds. The van der Waals surface area contributed by atoms with Crippen LogP contribution in [0.2, 0.25) is 0 Å². The maximum absolute atomic E-state index is 13.1. The number of carbonyl (C=O) groups excluding carboxylic acids is 1. The summed E-state index contributed by atoms with van der Waals surface area (Å²) in [5, 5.41) is 0. The van der Waals surface area contributed by atoms with Crippen molar-refractivity contribution in [3.8, 4) is 23.0 Å². The van der Waals surface area contributed by atoms with Gasteiger partial charge in [-0.2, -0.15) is 4.98 Å². The second-order valence-corrected chi connectivity index (χ2v) is 4.92. The number of ether oxygens (including phenoxy) is 2. The molecule has 0 aliphatic heterocycles. The zero-order chi connectivity index (χ0) is 17.6. The first kappa shape index (κ1) is 16.5. The van der Waals surface area contributed by atoms with E-state index < -0.39 is 11.8 Å². The molecule has 2 heterocycles. The van der Waals surface area contributed by atoms with Crippen LogP contribution in [0.1, 0.15) is 17.3 Å². The Morgan fingerprint density at radius 2 is 1.84 bits per heavy atom. The minimum absolute atomic E-state index is 0.0341. The summed E-state index contributed by atoms with van der Waals surface area (Å²) in [6, 6.07) is 8.87. The van der Waals surface area contributed by atoms with Crippen LogP contribution in [0.25, 0.3) is 11.4 Å². The van der Waals surface area contributed by atoms with Crippen LogP contribution in [0.15, 0.2) is 55.0 Å². The molecule has 25 heavy (non-hydrogen) atoms. The third-order valence-corrected chi connectivity index (χ3v) is 3.22. The fourth-order valence-electron chi connectivity index (χ4n) is 2.05. The Bertz CT molecular complexity index is 870. The van der Waals surface area contributed by atoms with E-state index in [1.165, 1.54) is 30.5 Å². The van der Waals surface area contributed by atoms with Gasteiger partial charge in [-0.1, -0.05) is 0 Å². The fraction of sp³-hybridized carbons (Fsp3) is 0.111. The summed E-state index contributed by atoms with van der Waals surface area (Å²) < 4.78 is 23.7. The first-order chi connectivity index (χ1) is 12.2. The number of hydrogen-bond acceptors (Lipinski definition) is 6. The maximum atomic E-state index is 13.1. The van der Waals surface area contributed by atoms with Gasteiger partial charge in [0, 0.05) is 24.2 Å². The Labute approximate surface area is 143 Å². The van der Waals surface area contributed by atoms with Gasteiger partial charge in [0.05, 0.1) is 6.61 Å². The molecule has 0 radical (unpaired) electrons. The lowest BCUT2D eigenvalue weighted by Crippen LogP contribution is -2.09. The predicted molar refractivity (Wildman–Crippen MR) is 87.7 cm³/mol. The number of rotatable bonds is 5. The highest BCUT2D eigenvalue weighted by atomic mass is 19.1. The van der Waals surface area contributed by atoms with Gasteiger partial charge in [0.25, 0.3) is 0 Å². The second-order valence-electron chi connectivity index (χ2n) is 4.92. The normalized spacial score (nSPS) is 10.3. The van der Waals surface area contributed by atoms with E-state index in [0.717, 1.165) is 5.56 Å². The van der Waals surface area contributed by atoms with Crippen molar-refractivity contribution in [1.82, 2.24) is 15.0 Å². The van der Waals surface area contributed by atoms with Crippen LogP contribution < -0.4 is 4.74 Å². The third kappa shape index (κ3) is 3.95. The number of pyridine rings is 1. The number of esters is 1. The van der Waals surface area contributed by atoms with Crippen molar-refractivity contribution in [3.05, 3.63) is 66.4 Å². The van der Waals surface area contributed by atoms with Crippen molar-refractivity contribution in [1.29, 1.82) is 0 Å². The molecule has 0 aliphatic rings. The van der Waals surface area contributed by atoms with Crippen molar-refractivity contribution in [2.45, 2.75) is 6.92 Å². The molecule has 0 unspecified atom stereocenters. The summed E-state index contributed by atoms with van der Waals surface area (Å²) in [5.41, 5.74) is 0.804. The molecular formula is C18H14FN3O3. The average Bonchev–Trinajstić information content (AvgIpc) is 2.64. The molecule has 6 nitrogen and oxygen atoms in total. The lowest BCUT2D eigenvalue weighted by molar-refractivity contribution is 0.0522. The molecule has 0 N–H and O–H groups in total. The molecule has 0 aliphatic carbocycles. The smallest absolute Gasteiger partial charge is 0.345 e. The number of aromatic nitrogens is 3. The van der Waals surface area contributed by atoms with E-state index in [1.807, 2.05) is 0 Å². The number of benzene rings is 1. The van der Waals surface area contributed by atoms with E-state index in [2.05, 4.69) is 15.0 Å². The lowest BCUT2D eigenvalue weighted by atomic mass is 10.2. The van der Waals surface area contributed by atoms with Crippen molar-refractivity contribution in [2.75, 3.05) is 6.61 Å². The van der Waals surface area contributed by atoms with Crippen LogP contribution in [0, 0.1) is 5.82 Å². The van der Waals surface area contributed by atoms with E-state index in [-0.39, 0.29) is 18.1 Å². The highest BCUT2D eigenvalue weighted by Gasteiger charge is 2.18. The van der Waals surface area contributed by atoms with E-state index in [0.29, 0.717) is 11.6 Å². The molecule has 126 valence electrons. The average molecular weight is 339 g/mol. The van der Waals surface area contributed by atoms with Crippen LogP contribution in [-0.4, -0.2) is 27.5 Å². The fourth-order valence-corrected chi connectivity index (χ4v) is 2.05. The number of hydrogen-bond donors (Lipinski definition) is 0. The molecule has 0 fully saturated rings. The first-order valence-corrected chi connectivity index (χ1v) is 7.55. The molecule has 3 rings (SSSR count). The first-order valence-electron chi connectivity index (χ1n) is 7.55. The summed E-state index contributed by atoms with van der Waals surface area (Å²) in [6.45, 7) is 1.91. The maximum Gasteiger partial charge on any atom is 0.345 e. The molecule has 0 atom stereocenters. The van der Waals surface area contributed by atoms with Gasteiger partial charge in [-0.05, 0) is 43.3 Å². The minimum atomic E-state index is -0.596. The van der Waals surface area contributed by atoms with E-state index >= 15 is 0 Å². The molecule has 2 aromatic heterocycles. The van der Waals surface area contributed by atoms with Gasteiger partial charge in [0.15, 0.2) is 5.82 Å². The predicted octanol–water partition coefficient (Wildman–Crippen LogP) is 3.65. The molecular weight excluding hydrogens is 325 g/mol. The van der Waals surface area contributed by atoms with Crippen molar-refractivity contribution in [2.24, 2.45) is 0 Å². The van der Waals surface area contributed by atoms with Crippen LogP contribution >= 0.6 is 0 Å². The summed E-state index contributed by atoms with van der Waals surface area (Å²) in [4.78, 5) is 24.5.